The largest absolute Gasteiger partial charge is 0.481 e. The molecule has 37 heavy (non-hydrogen) atoms. The molecule has 0 aliphatic carbocycles. The molecule has 4 aromatic carbocycles. The molecule has 0 spiro atoms. The van der Waals surface area contributed by atoms with Gasteiger partial charge < -0.3 is 9.84 Å². The number of carboxylic acid groups (broad SMARTS) is 1. The number of rotatable bonds is 7. The summed E-state index contributed by atoms with van der Waals surface area (Å²) in [6, 6.07) is 27.2. The van der Waals surface area contributed by atoms with Gasteiger partial charge in [0.1, 0.15) is 17.0 Å². The summed E-state index contributed by atoms with van der Waals surface area (Å²) in [5.74, 6) is -0.0357. The van der Waals surface area contributed by atoms with Crippen LogP contribution in [0.2, 0.25) is 0 Å². The first-order chi connectivity index (χ1) is 17.8. The number of aliphatic carboxylic acids is 1. The lowest BCUT2D eigenvalue weighted by molar-refractivity contribution is -0.137. The Morgan fingerprint density at radius 1 is 0.838 bits per heavy atom. The Bertz CT molecular complexity index is 1580. The average molecular weight is 502 g/mol. The third-order valence-corrected chi connectivity index (χ3v) is 5.85. The van der Waals surface area contributed by atoms with Crippen LogP contribution in [0.3, 0.4) is 0 Å². The molecule has 0 unspecified atom stereocenters. The van der Waals surface area contributed by atoms with E-state index in [4.69, 9.17) is 9.84 Å². The summed E-state index contributed by atoms with van der Waals surface area (Å²) in [6.45, 7) is 0.282. The van der Waals surface area contributed by atoms with Gasteiger partial charge in [-0.05, 0) is 41.5 Å². The van der Waals surface area contributed by atoms with Gasteiger partial charge in [-0.1, -0.05) is 66.7 Å². The lowest BCUT2D eigenvalue weighted by atomic mass is 10.0. The van der Waals surface area contributed by atoms with E-state index in [9.17, 15) is 18.0 Å². The molecule has 0 bridgehead atoms. The van der Waals surface area contributed by atoms with Gasteiger partial charge in [-0.25, -0.2) is 0 Å². The van der Waals surface area contributed by atoms with Crippen LogP contribution >= 0.6 is 0 Å². The number of alkyl halides is 3. The van der Waals surface area contributed by atoms with Gasteiger partial charge in [-0.2, -0.15) is 18.3 Å². The predicted octanol–water partition coefficient (Wildman–Crippen LogP) is 7.19. The number of fused-ring (bicyclic) bond motifs is 1. The zero-order chi connectivity index (χ0) is 26.0. The highest BCUT2D eigenvalue weighted by molar-refractivity contribution is 5.95. The van der Waals surface area contributed by atoms with E-state index in [2.05, 4.69) is 5.10 Å². The first-order valence-corrected chi connectivity index (χ1v) is 11.5. The minimum absolute atomic E-state index is 0.117. The number of benzene rings is 4. The molecule has 0 saturated heterocycles. The fraction of sp³-hybridized carbons (Fsp3) is 0.103. The molecule has 0 amide bonds. The highest BCUT2D eigenvalue weighted by atomic mass is 19.4. The van der Waals surface area contributed by atoms with E-state index in [1.165, 1.54) is 6.07 Å². The van der Waals surface area contributed by atoms with Crippen LogP contribution in [0.5, 0.6) is 11.5 Å². The number of carbonyl (C=O) groups is 1. The smallest absolute Gasteiger partial charge is 0.418 e. The fourth-order valence-corrected chi connectivity index (χ4v) is 4.29. The highest BCUT2D eigenvalue weighted by Gasteiger charge is 2.34. The Labute approximate surface area is 210 Å². The van der Waals surface area contributed by atoms with E-state index in [-0.39, 0.29) is 18.5 Å². The van der Waals surface area contributed by atoms with Gasteiger partial charge in [0.05, 0.1) is 24.2 Å². The van der Waals surface area contributed by atoms with E-state index in [0.717, 1.165) is 11.6 Å². The summed E-state index contributed by atoms with van der Waals surface area (Å²) < 4.78 is 49.0. The lowest BCUT2D eigenvalue weighted by Crippen LogP contribution is -2.06. The molecule has 1 N–H and O–H groups in total. The van der Waals surface area contributed by atoms with E-state index in [1.807, 2.05) is 30.3 Å². The van der Waals surface area contributed by atoms with Crippen LogP contribution in [0.4, 0.5) is 13.2 Å². The van der Waals surface area contributed by atoms with Crippen LogP contribution in [0, 0.1) is 0 Å². The molecule has 5 nitrogen and oxygen atoms in total. The third kappa shape index (κ3) is 5.33. The molecule has 8 heteroatoms. The van der Waals surface area contributed by atoms with Gasteiger partial charge in [-0.3, -0.25) is 9.48 Å². The van der Waals surface area contributed by atoms with Crippen molar-refractivity contribution in [3.05, 3.63) is 114 Å². The maximum Gasteiger partial charge on any atom is 0.418 e. The molecule has 5 rings (SSSR count). The zero-order valence-corrected chi connectivity index (χ0v) is 19.4. The second-order valence-electron chi connectivity index (χ2n) is 8.54. The summed E-state index contributed by atoms with van der Waals surface area (Å²) in [5, 5.41) is 13.8. The first-order valence-electron chi connectivity index (χ1n) is 11.5. The van der Waals surface area contributed by atoms with Crippen LogP contribution in [-0.4, -0.2) is 20.9 Å². The minimum Gasteiger partial charge on any atom is -0.481 e. The van der Waals surface area contributed by atoms with Crippen LogP contribution < -0.4 is 4.74 Å². The summed E-state index contributed by atoms with van der Waals surface area (Å²) in [4.78, 5) is 11.1. The average Bonchev–Trinajstić information content (AvgIpc) is 3.22. The highest BCUT2D eigenvalue weighted by Crippen LogP contribution is 2.39. The van der Waals surface area contributed by atoms with Crippen molar-refractivity contribution in [2.45, 2.75) is 19.1 Å². The van der Waals surface area contributed by atoms with Crippen molar-refractivity contribution in [2.24, 2.45) is 0 Å². The monoisotopic (exact) mass is 502 g/mol. The Kier molecular flexibility index (Phi) is 6.40. The first kappa shape index (κ1) is 24.1. The van der Waals surface area contributed by atoms with Gasteiger partial charge in [0.25, 0.3) is 0 Å². The molecular formula is C29H21F3N2O3. The Morgan fingerprint density at radius 2 is 1.51 bits per heavy atom. The Morgan fingerprint density at radius 3 is 2.24 bits per heavy atom. The van der Waals surface area contributed by atoms with Gasteiger partial charge in [0.2, 0.25) is 0 Å². The maximum absolute atomic E-state index is 13.8. The molecule has 1 heterocycles. The second kappa shape index (κ2) is 9.81. The van der Waals surface area contributed by atoms with Gasteiger partial charge in [0.15, 0.2) is 0 Å². The zero-order valence-electron chi connectivity index (χ0n) is 19.4. The van der Waals surface area contributed by atoms with E-state index >= 15 is 0 Å². The molecule has 0 radical (unpaired) electrons. The van der Waals surface area contributed by atoms with E-state index in [1.54, 1.807) is 59.3 Å². The quantitative estimate of drug-likeness (QED) is 0.256. The Hall–Kier alpha value is -4.59. The number of ether oxygens (including phenoxy) is 1. The van der Waals surface area contributed by atoms with Crippen LogP contribution in [0.15, 0.2) is 97.1 Å². The van der Waals surface area contributed by atoms with Crippen molar-refractivity contribution >= 4 is 16.9 Å². The topological polar surface area (TPSA) is 64.3 Å². The standard InChI is InChI=1S/C29H21F3N2O3/c30-29(31,32)25-14-6-13-24-27(25)33-34(18-19-7-2-1-3-8-19)28(24)21-10-5-12-23(17-21)37-22-11-4-9-20(15-22)16-26(35)36/h1-15,17H,16,18H2,(H,35,36). The lowest BCUT2D eigenvalue weighted by Gasteiger charge is -2.11. The van der Waals surface area contributed by atoms with Crippen LogP contribution in [0.25, 0.3) is 22.2 Å². The Balaban J connectivity index is 1.59. The van der Waals surface area contributed by atoms with Gasteiger partial charge in [0, 0.05) is 10.9 Å². The van der Waals surface area contributed by atoms with Crippen molar-refractivity contribution in [2.75, 3.05) is 0 Å². The molecule has 0 atom stereocenters. The maximum atomic E-state index is 13.8. The number of carboxylic acids is 1. The summed E-state index contributed by atoms with van der Waals surface area (Å²) >= 11 is 0. The number of hydrogen-bond acceptors (Lipinski definition) is 3. The van der Waals surface area contributed by atoms with E-state index in [0.29, 0.717) is 33.7 Å². The minimum atomic E-state index is -4.55. The molecule has 0 aliphatic heterocycles. The number of halogens is 3. The molecule has 0 aliphatic rings. The fourth-order valence-electron chi connectivity index (χ4n) is 4.29. The molecule has 0 fully saturated rings. The molecule has 0 saturated carbocycles. The SMILES string of the molecule is O=C(O)Cc1cccc(Oc2cccc(-c3c4cccc(C(F)(F)F)c4nn3Cc3ccccc3)c2)c1. The predicted molar refractivity (Wildman–Crippen MR) is 134 cm³/mol. The van der Waals surface area contributed by atoms with Crippen LogP contribution in [-0.2, 0) is 23.9 Å². The number of aromatic nitrogens is 2. The van der Waals surface area contributed by atoms with Crippen molar-refractivity contribution in [3.63, 3.8) is 0 Å². The van der Waals surface area contributed by atoms with Crippen molar-refractivity contribution in [1.29, 1.82) is 0 Å². The third-order valence-electron chi connectivity index (χ3n) is 5.85. The molecular weight excluding hydrogens is 481 g/mol. The second-order valence-corrected chi connectivity index (χ2v) is 8.54. The van der Waals surface area contributed by atoms with Gasteiger partial charge >= 0.3 is 12.1 Å². The summed E-state index contributed by atoms with van der Waals surface area (Å²) in [6.07, 6.45) is -4.68. The number of nitrogens with zero attached hydrogens (tertiary/aromatic N) is 2. The molecule has 5 aromatic rings. The van der Waals surface area contributed by atoms with Crippen LogP contribution in [0.1, 0.15) is 16.7 Å². The number of hydrogen-bond donors (Lipinski definition) is 1. The normalized spacial score (nSPS) is 11.5. The molecule has 186 valence electrons. The van der Waals surface area contributed by atoms with E-state index < -0.39 is 17.7 Å². The molecule has 1 aromatic heterocycles. The van der Waals surface area contributed by atoms with Crippen molar-refractivity contribution in [1.82, 2.24) is 9.78 Å². The summed E-state index contributed by atoms with van der Waals surface area (Å²) in [5.41, 5.74) is 1.75. The van der Waals surface area contributed by atoms with Crippen molar-refractivity contribution in [3.8, 4) is 22.8 Å². The van der Waals surface area contributed by atoms with Gasteiger partial charge in [-0.15, -0.1) is 0 Å². The summed E-state index contributed by atoms with van der Waals surface area (Å²) in [7, 11) is 0. The van der Waals surface area contributed by atoms with Crippen molar-refractivity contribution < 1.29 is 27.8 Å².